The summed E-state index contributed by atoms with van der Waals surface area (Å²) < 4.78 is 10.5. The number of nitrogens with zero attached hydrogens (tertiary/aromatic N) is 4. The molecule has 12 heteroatoms. The summed E-state index contributed by atoms with van der Waals surface area (Å²) in [4.78, 5) is 64.0. The lowest BCUT2D eigenvalue weighted by Crippen LogP contribution is -2.56. The van der Waals surface area contributed by atoms with Gasteiger partial charge in [0.1, 0.15) is 23.2 Å². The number of esters is 1. The smallest absolute Gasteiger partial charge is 0.409 e. The van der Waals surface area contributed by atoms with Gasteiger partial charge in [-0.1, -0.05) is 37.3 Å². The number of anilines is 1. The molecule has 0 radical (unpaired) electrons. The Bertz CT molecular complexity index is 1220. The molecule has 0 bridgehead atoms. The van der Waals surface area contributed by atoms with E-state index in [4.69, 9.17) is 9.47 Å². The van der Waals surface area contributed by atoms with Crippen LogP contribution in [0.5, 0.6) is 0 Å². The van der Waals surface area contributed by atoms with E-state index in [-0.39, 0.29) is 44.1 Å². The topological polar surface area (TPSA) is 143 Å². The van der Waals surface area contributed by atoms with Crippen molar-refractivity contribution >= 4 is 29.7 Å². The quantitative estimate of drug-likeness (QED) is 0.381. The maximum absolute atomic E-state index is 13.6. The Balaban J connectivity index is 1.81. The van der Waals surface area contributed by atoms with Crippen molar-refractivity contribution in [1.82, 2.24) is 25.1 Å². The van der Waals surface area contributed by atoms with Gasteiger partial charge in [-0.05, 0) is 40.5 Å². The van der Waals surface area contributed by atoms with Crippen LogP contribution in [0, 0.1) is 0 Å². The van der Waals surface area contributed by atoms with Crippen LogP contribution in [-0.2, 0) is 19.1 Å². The molecule has 12 nitrogen and oxygen atoms in total. The molecule has 1 aliphatic heterocycles. The van der Waals surface area contributed by atoms with Gasteiger partial charge in [-0.2, -0.15) is 0 Å². The fourth-order valence-electron chi connectivity index (χ4n) is 4.31. The minimum atomic E-state index is -1.01. The number of amides is 3. The molecule has 1 unspecified atom stereocenters. The molecule has 1 atom stereocenters. The highest BCUT2D eigenvalue weighted by Crippen LogP contribution is 2.19. The largest absolute Gasteiger partial charge is 0.460 e. The summed E-state index contributed by atoms with van der Waals surface area (Å²) in [5, 5.41) is 6.01. The molecule has 0 saturated carbocycles. The van der Waals surface area contributed by atoms with E-state index in [1.807, 2.05) is 37.3 Å². The molecule has 1 aromatic heterocycles. The SMILES string of the molecule is CCCNc1cc(C(=O)NC(CCC(=O)OC(C)(C)C)C(=O)N2CCN(C(=O)OCC)CC2)nc(-c2ccccc2)n1. The molecular weight excluding hydrogens is 540 g/mol. The number of carbonyl (C=O) groups is 4. The number of rotatable bonds is 11. The Morgan fingerprint density at radius 1 is 0.976 bits per heavy atom. The Morgan fingerprint density at radius 3 is 2.26 bits per heavy atom. The van der Waals surface area contributed by atoms with Crippen molar-refractivity contribution in [3.63, 3.8) is 0 Å². The molecule has 1 fully saturated rings. The normalized spacial score (nSPS) is 14.1. The van der Waals surface area contributed by atoms with E-state index in [0.29, 0.717) is 31.3 Å². The molecule has 42 heavy (non-hydrogen) atoms. The number of carbonyl (C=O) groups excluding carboxylic acids is 4. The first-order chi connectivity index (χ1) is 20.0. The highest BCUT2D eigenvalue weighted by atomic mass is 16.6. The molecule has 3 rings (SSSR count). The number of hydrogen-bond donors (Lipinski definition) is 2. The molecule has 228 valence electrons. The molecular formula is C30H42N6O6. The fraction of sp³-hybridized carbons (Fsp3) is 0.533. The number of nitrogens with one attached hydrogen (secondary N) is 2. The van der Waals surface area contributed by atoms with Crippen LogP contribution >= 0.6 is 0 Å². The molecule has 2 heterocycles. The van der Waals surface area contributed by atoms with E-state index in [9.17, 15) is 19.2 Å². The lowest BCUT2D eigenvalue weighted by Gasteiger charge is -2.36. The molecule has 0 spiro atoms. The second-order valence-electron chi connectivity index (χ2n) is 10.9. The zero-order valence-electron chi connectivity index (χ0n) is 25.1. The van der Waals surface area contributed by atoms with Crippen LogP contribution in [0.25, 0.3) is 11.4 Å². The average Bonchev–Trinajstić information content (AvgIpc) is 2.97. The lowest BCUT2D eigenvalue weighted by molar-refractivity contribution is -0.155. The van der Waals surface area contributed by atoms with Crippen molar-refractivity contribution in [2.75, 3.05) is 44.6 Å². The molecule has 2 N–H and O–H groups in total. The van der Waals surface area contributed by atoms with E-state index in [2.05, 4.69) is 20.6 Å². The number of aromatic nitrogens is 2. The number of benzene rings is 1. The Morgan fingerprint density at radius 2 is 1.64 bits per heavy atom. The van der Waals surface area contributed by atoms with Gasteiger partial charge >= 0.3 is 12.1 Å². The first-order valence-corrected chi connectivity index (χ1v) is 14.4. The number of ether oxygens (including phenoxy) is 2. The minimum absolute atomic E-state index is 0.0369. The van der Waals surface area contributed by atoms with Gasteiger partial charge in [0.15, 0.2) is 5.82 Å². The summed E-state index contributed by atoms with van der Waals surface area (Å²) in [5.41, 5.74) is 0.147. The first-order valence-electron chi connectivity index (χ1n) is 14.4. The summed E-state index contributed by atoms with van der Waals surface area (Å²) in [5.74, 6) is -0.531. The van der Waals surface area contributed by atoms with Crippen molar-refractivity contribution in [3.05, 3.63) is 42.1 Å². The minimum Gasteiger partial charge on any atom is -0.460 e. The van der Waals surface area contributed by atoms with Gasteiger partial charge in [-0.25, -0.2) is 14.8 Å². The van der Waals surface area contributed by atoms with Crippen LogP contribution in [0.2, 0.25) is 0 Å². The van der Waals surface area contributed by atoms with Crippen molar-refractivity contribution in [2.24, 2.45) is 0 Å². The molecule has 1 aliphatic rings. The van der Waals surface area contributed by atoms with Gasteiger partial charge in [-0.3, -0.25) is 14.4 Å². The van der Waals surface area contributed by atoms with E-state index >= 15 is 0 Å². The summed E-state index contributed by atoms with van der Waals surface area (Å²) in [6.45, 7) is 11.1. The monoisotopic (exact) mass is 582 g/mol. The standard InChI is InChI=1S/C30H42N6O6/c1-6-15-31-24-20-23(32-26(34-24)21-11-9-8-10-12-21)27(38)33-22(13-14-25(37)42-30(3,4)5)28(39)35-16-18-36(19-17-35)29(40)41-7-2/h8-12,20,22H,6-7,13-19H2,1-5H3,(H,33,38)(H,31,32,34). The summed E-state index contributed by atoms with van der Waals surface area (Å²) in [6, 6.07) is 9.83. The van der Waals surface area contributed by atoms with Crippen LogP contribution in [0.15, 0.2) is 36.4 Å². The van der Waals surface area contributed by atoms with E-state index < -0.39 is 29.6 Å². The van der Waals surface area contributed by atoms with E-state index in [1.165, 1.54) is 0 Å². The highest BCUT2D eigenvalue weighted by Gasteiger charge is 2.32. The second-order valence-corrected chi connectivity index (χ2v) is 10.9. The third kappa shape index (κ3) is 9.71. The molecule has 2 aromatic rings. The third-order valence-corrected chi connectivity index (χ3v) is 6.32. The van der Waals surface area contributed by atoms with Crippen LogP contribution in [-0.4, -0.2) is 94.6 Å². The Hall–Kier alpha value is -4.22. The molecule has 1 aromatic carbocycles. The fourth-order valence-corrected chi connectivity index (χ4v) is 4.31. The number of hydrogen-bond acceptors (Lipinski definition) is 9. The van der Waals surface area contributed by atoms with Crippen LogP contribution in [0.4, 0.5) is 10.6 Å². The van der Waals surface area contributed by atoms with Crippen LogP contribution < -0.4 is 10.6 Å². The molecule has 0 aliphatic carbocycles. The third-order valence-electron chi connectivity index (χ3n) is 6.32. The van der Waals surface area contributed by atoms with Gasteiger partial charge in [-0.15, -0.1) is 0 Å². The first kappa shape index (κ1) is 32.3. The second kappa shape index (κ2) is 15.1. The molecule has 1 saturated heterocycles. The van der Waals surface area contributed by atoms with Gasteiger partial charge in [0.05, 0.1) is 6.61 Å². The Kier molecular flexibility index (Phi) is 11.6. The summed E-state index contributed by atoms with van der Waals surface area (Å²) in [7, 11) is 0. The highest BCUT2D eigenvalue weighted by molar-refractivity contribution is 5.97. The lowest BCUT2D eigenvalue weighted by atomic mass is 10.1. The van der Waals surface area contributed by atoms with E-state index in [1.54, 1.807) is 43.6 Å². The zero-order chi connectivity index (χ0) is 30.7. The van der Waals surface area contributed by atoms with Crippen molar-refractivity contribution in [3.8, 4) is 11.4 Å². The maximum Gasteiger partial charge on any atom is 0.409 e. The van der Waals surface area contributed by atoms with Crippen molar-refractivity contribution in [1.29, 1.82) is 0 Å². The Labute approximate surface area is 247 Å². The maximum atomic E-state index is 13.6. The van der Waals surface area contributed by atoms with E-state index in [0.717, 1.165) is 12.0 Å². The van der Waals surface area contributed by atoms with Crippen molar-refractivity contribution in [2.45, 2.75) is 65.5 Å². The summed E-state index contributed by atoms with van der Waals surface area (Å²) in [6.07, 6.45) is 0.398. The predicted octanol–water partition coefficient (Wildman–Crippen LogP) is 3.49. The zero-order valence-corrected chi connectivity index (χ0v) is 25.1. The summed E-state index contributed by atoms with van der Waals surface area (Å²) >= 11 is 0. The van der Waals surface area contributed by atoms with Crippen LogP contribution in [0.3, 0.4) is 0 Å². The van der Waals surface area contributed by atoms with Gasteiger partial charge in [0, 0.05) is 50.8 Å². The van der Waals surface area contributed by atoms with Gasteiger partial charge in [0.2, 0.25) is 5.91 Å². The predicted molar refractivity (Wildman–Crippen MR) is 158 cm³/mol. The van der Waals surface area contributed by atoms with Crippen LogP contribution in [0.1, 0.15) is 64.4 Å². The van der Waals surface area contributed by atoms with Crippen molar-refractivity contribution < 1.29 is 28.7 Å². The van der Waals surface area contributed by atoms with Gasteiger partial charge in [0.25, 0.3) is 5.91 Å². The molecule has 3 amide bonds. The van der Waals surface area contributed by atoms with Gasteiger partial charge < -0.3 is 29.9 Å². The number of piperazine rings is 1. The average molecular weight is 583 g/mol.